The number of carbonyl (C=O) groups excluding carboxylic acids is 1. The lowest BCUT2D eigenvalue weighted by Crippen LogP contribution is -2.40. The van der Waals surface area contributed by atoms with Crippen molar-refractivity contribution in [3.63, 3.8) is 0 Å². The van der Waals surface area contributed by atoms with Gasteiger partial charge in [-0.2, -0.15) is 0 Å². The van der Waals surface area contributed by atoms with Gasteiger partial charge in [0, 0.05) is 25.2 Å². The molecule has 0 aliphatic carbocycles. The fraction of sp³-hybridized carbons (Fsp3) is 0.350. The monoisotopic (exact) mass is 371 g/mol. The third-order valence-corrected chi connectivity index (χ3v) is 4.89. The quantitative estimate of drug-likeness (QED) is 0.639. The average molecular weight is 371 g/mol. The molecule has 0 radical (unpaired) electrons. The number of nitro benzene ring substituents is 1. The summed E-state index contributed by atoms with van der Waals surface area (Å²) in [5, 5.41) is 13.8. The van der Waals surface area contributed by atoms with Gasteiger partial charge in [0.15, 0.2) is 0 Å². The Bertz CT molecular complexity index is 839. The second-order valence-electron chi connectivity index (χ2n) is 6.95. The number of halogens is 1. The standard InChI is InChI=1S/C20H22FN3O3/c1-14-4-9-18(24(26)27)11-19(14)22-20(25)16-3-2-10-23(13-16)12-15-5-7-17(21)8-6-15/h4-9,11,16H,2-3,10,12-13H2,1H3,(H,22,25)/t16-/m1/s1. The molecule has 142 valence electrons. The number of anilines is 1. The molecule has 1 saturated heterocycles. The van der Waals surface area contributed by atoms with E-state index in [1.165, 1.54) is 24.3 Å². The smallest absolute Gasteiger partial charge is 0.271 e. The molecule has 1 N–H and O–H groups in total. The molecule has 2 aromatic carbocycles. The molecule has 1 amide bonds. The number of hydrogen-bond donors (Lipinski definition) is 1. The number of aryl methyl sites for hydroxylation is 1. The molecule has 3 rings (SSSR count). The van der Waals surface area contributed by atoms with Gasteiger partial charge in [-0.05, 0) is 49.6 Å². The predicted octanol–water partition coefficient (Wildman–Crippen LogP) is 3.89. The van der Waals surface area contributed by atoms with E-state index in [0.29, 0.717) is 18.8 Å². The summed E-state index contributed by atoms with van der Waals surface area (Å²) < 4.78 is 13.0. The lowest BCUT2D eigenvalue weighted by Gasteiger charge is -2.32. The summed E-state index contributed by atoms with van der Waals surface area (Å²) in [6, 6.07) is 10.8. The Balaban J connectivity index is 1.64. The first-order valence-corrected chi connectivity index (χ1v) is 8.95. The van der Waals surface area contributed by atoms with Crippen LogP contribution in [0.25, 0.3) is 0 Å². The fourth-order valence-electron chi connectivity index (χ4n) is 3.35. The van der Waals surface area contributed by atoms with Crippen molar-refractivity contribution in [2.75, 3.05) is 18.4 Å². The van der Waals surface area contributed by atoms with E-state index in [0.717, 1.165) is 30.5 Å². The minimum absolute atomic E-state index is 0.0440. The summed E-state index contributed by atoms with van der Waals surface area (Å²) >= 11 is 0. The number of carbonyl (C=O) groups is 1. The zero-order valence-corrected chi connectivity index (χ0v) is 15.2. The summed E-state index contributed by atoms with van der Waals surface area (Å²) in [5.74, 6) is -0.567. The maximum absolute atomic E-state index is 13.0. The van der Waals surface area contributed by atoms with Crippen molar-refractivity contribution in [1.82, 2.24) is 4.90 Å². The molecular formula is C20H22FN3O3. The summed E-state index contributed by atoms with van der Waals surface area (Å²) in [7, 11) is 0. The molecule has 7 heteroatoms. The molecule has 0 aromatic heterocycles. The van der Waals surface area contributed by atoms with E-state index in [1.807, 2.05) is 0 Å². The molecule has 0 unspecified atom stereocenters. The van der Waals surface area contributed by atoms with Crippen molar-refractivity contribution < 1.29 is 14.1 Å². The molecule has 1 heterocycles. The Morgan fingerprint density at radius 2 is 2.04 bits per heavy atom. The second-order valence-corrected chi connectivity index (χ2v) is 6.95. The van der Waals surface area contributed by atoms with Crippen molar-refractivity contribution in [2.45, 2.75) is 26.3 Å². The van der Waals surface area contributed by atoms with E-state index in [2.05, 4.69) is 10.2 Å². The predicted molar refractivity (Wildman–Crippen MR) is 101 cm³/mol. The molecule has 0 saturated carbocycles. The summed E-state index contributed by atoms with van der Waals surface area (Å²) in [4.78, 5) is 25.3. The van der Waals surface area contributed by atoms with Crippen molar-refractivity contribution in [3.05, 3.63) is 69.5 Å². The van der Waals surface area contributed by atoms with Gasteiger partial charge < -0.3 is 5.32 Å². The van der Waals surface area contributed by atoms with Crippen LogP contribution in [0.2, 0.25) is 0 Å². The molecule has 6 nitrogen and oxygen atoms in total. The van der Waals surface area contributed by atoms with E-state index in [1.54, 1.807) is 25.1 Å². The summed E-state index contributed by atoms with van der Waals surface area (Å²) in [6.45, 7) is 3.97. The number of rotatable bonds is 5. The van der Waals surface area contributed by atoms with Crippen molar-refractivity contribution >= 4 is 17.3 Å². The molecule has 0 bridgehead atoms. The van der Waals surface area contributed by atoms with Crippen LogP contribution < -0.4 is 5.32 Å². The molecule has 1 aliphatic rings. The number of amides is 1. The van der Waals surface area contributed by atoms with E-state index < -0.39 is 4.92 Å². The van der Waals surface area contributed by atoms with Crippen LogP contribution in [0, 0.1) is 28.8 Å². The number of benzene rings is 2. The zero-order chi connectivity index (χ0) is 19.4. The molecule has 0 spiro atoms. The topological polar surface area (TPSA) is 75.5 Å². The van der Waals surface area contributed by atoms with Crippen molar-refractivity contribution in [2.24, 2.45) is 5.92 Å². The highest BCUT2D eigenvalue weighted by Gasteiger charge is 2.26. The first-order valence-electron chi connectivity index (χ1n) is 8.95. The largest absolute Gasteiger partial charge is 0.325 e. The first kappa shape index (κ1) is 19.0. The van der Waals surface area contributed by atoms with Crippen LogP contribution >= 0.6 is 0 Å². The minimum atomic E-state index is -0.472. The van der Waals surface area contributed by atoms with Crippen LogP contribution in [0.3, 0.4) is 0 Å². The lowest BCUT2D eigenvalue weighted by atomic mass is 9.96. The summed E-state index contributed by atoms with van der Waals surface area (Å²) in [5.41, 5.74) is 2.22. The van der Waals surface area contributed by atoms with Gasteiger partial charge in [-0.3, -0.25) is 19.8 Å². The van der Waals surface area contributed by atoms with E-state index in [9.17, 15) is 19.3 Å². The average Bonchev–Trinajstić information content (AvgIpc) is 2.65. The molecule has 1 aliphatic heterocycles. The normalized spacial score (nSPS) is 17.5. The zero-order valence-electron chi connectivity index (χ0n) is 15.2. The van der Waals surface area contributed by atoms with E-state index in [4.69, 9.17) is 0 Å². The Hall–Kier alpha value is -2.80. The summed E-state index contributed by atoms with van der Waals surface area (Å²) in [6.07, 6.45) is 1.67. The van der Waals surface area contributed by atoms with Crippen LogP contribution in [-0.4, -0.2) is 28.8 Å². The maximum atomic E-state index is 13.0. The van der Waals surface area contributed by atoms with Crippen LogP contribution in [0.1, 0.15) is 24.0 Å². The Morgan fingerprint density at radius 3 is 2.74 bits per heavy atom. The lowest BCUT2D eigenvalue weighted by molar-refractivity contribution is -0.384. The molecule has 1 atom stereocenters. The Kier molecular flexibility index (Phi) is 5.81. The van der Waals surface area contributed by atoms with Gasteiger partial charge in [0.05, 0.1) is 16.5 Å². The fourth-order valence-corrected chi connectivity index (χ4v) is 3.35. The highest BCUT2D eigenvalue weighted by atomic mass is 19.1. The van der Waals surface area contributed by atoms with Gasteiger partial charge in [-0.15, -0.1) is 0 Å². The second kappa shape index (κ2) is 8.26. The van der Waals surface area contributed by atoms with Crippen LogP contribution in [-0.2, 0) is 11.3 Å². The number of non-ortho nitro benzene ring substituents is 1. The third-order valence-electron chi connectivity index (χ3n) is 4.89. The van der Waals surface area contributed by atoms with Crippen molar-refractivity contribution in [1.29, 1.82) is 0 Å². The molecule has 27 heavy (non-hydrogen) atoms. The van der Waals surface area contributed by atoms with Gasteiger partial charge in [0.25, 0.3) is 5.69 Å². The first-order chi connectivity index (χ1) is 12.9. The van der Waals surface area contributed by atoms with Crippen LogP contribution in [0.4, 0.5) is 15.8 Å². The van der Waals surface area contributed by atoms with Gasteiger partial charge in [0.1, 0.15) is 5.82 Å². The number of nitrogens with zero attached hydrogens (tertiary/aromatic N) is 2. The van der Waals surface area contributed by atoms with Crippen LogP contribution in [0.15, 0.2) is 42.5 Å². The number of hydrogen-bond acceptors (Lipinski definition) is 4. The highest BCUT2D eigenvalue weighted by Crippen LogP contribution is 2.25. The van der Waals surface area contributed by atoms with Crippen molar-refractivity contribution in [3.8, 4) is 0 Å². The number of likely N-dealkylation sites (tertiary alicyclic amines) is 1. The third kappa shape index (κ3) is 4.89. The van der Waals surface area contributed by atoms with Gasteiger partial charge in [0.2, 0.25) is 5.91 Å². The molecule has 2 aromatic rings. The minimum Gasteiger partial charge on any atom is -0.325 e. The molecular weight excluding hydrogens is 349 g/mol. The van der Waals surface area contributed by atoms with E-state index >= 15 is 0 Å². The number of piperidine rings is 1. The van der Waals surface area contributed by atoms with Crippen LogP contribution in [0.5, 0.6) is 0 Å². The maximum Gasteiger partial charge on any atom is 0.271 e. The number of nitro groups is 1. The highest BCUT2D eigenvalue weighted by molar-refractivity contribution is 5.93. The van der Waals surface area contributed by atoms with Gasteiger partial charge in [-0.25, -0.2) is 4.39 Å². The van der Waals surface area contributed by atoms with Gasteiger partial charge >= 0.3 is 0 Å². The van der Waals surface area contributed by atoms with Gasteiger partial charge in [-0.1, -0.05) is 18.2 Å². The Morgan fingerprint density at radius 1 is 1.30 bits per heavy atom. The SMILES string of the molecule is Cc1ccc([N+](=O)[O-])cc1NC(=O)[C@@H]1CCCN(Cc2ccc(F)cc2)C1. The Labute approximate surface area is 157 Å². The van der Waals surface area contributed by atoms with E-state index in [-0.39, 0.29) is 23.3 Å². The molecule has 1 fully saturated rings. The number of nitrogens with one attached hydrogen (secondary N) is 1.